The Hall–Kier alpha value is -3.08. The van der Waals surface area contributed by atoms with Crippen molar-refractivity contribution in [3.8, 4) is 5.69 Å². The Kier molecular flexibility index (Phi) is 5.46. The van der Waals surface area contributed by atoms with Crippen molar-refractivity contribution in [3.05, 3.63) is 84.2 Å². The number of amides is 2. The second kappa shape index (κ2) is 8.15. The molecule has 0 fully saturated rings. The lowest BCUT2D eigenvalue weighted by molar-refractivity contribution is 0.238. The fourth-order valence-electron chi connectivity index (χ4n) is 2.60. The molecule has 2 aromatic carbocycles. The molecule has 0 spiro atoms. The molecule has 0 bridgehead atoms. The number of nitrogens with one attached hydrogen (secondary N) is 2. The maximum Gasteiger partial charge on any atom is 0.315 e. The lowest BCUT2D eigenvalue weighted by atomic mass is 10.1. The van der Waals surface area contributed by atoms with Crippen molar-refractivity contribution in [2.45, 2.75) is 19.4 Å². The standard InChI is InChI=1S/C20H22N4O/c1-16(18-8-4-2-5-9-18)23-20(25)21-13-12-17-14-22-24(15-17)19-10-6-3-7-11-19/h2-11,14-16H,12-13H2,1H3,(H2,21,23,25). The molecule has 0 aliphatic heterocycles. The van der Waals surface area contributed by atoms with Crippen LogP contribution in [-0.2, 0) is 6.42 Å². The zero-order valence-corrected chi connectivity index (χ0v) is 14.2. The van der Waals surface area contributed by atoms with Gasteiger partial charge in [0, 0.05) is 12.7 Å². The smallest absolute Gasteiger partial charge is 0.315 e. The van der Waals surface area contributed by atoms with Crippen LogP contribution in [0.3, 0.4) is 0 Å². The fourth-order valence-corrected chi connectivity index (χ4v) is 2.60. The van der Waals surface area contributed by atoms with Gasteiger partial charge in [0.25, 0.3) is 0 Å². The number of hydrogen-bond donors (Lipinski definition) is 2. The number of para-hydroxylation sites is 1. The molecule has 0 aliphatic rings. The van der Waals surface area contributed by atoms with E-state index in [4.69, 9.17) is 0 Å². The van der Waals surface area contributed by atoms with Crippen LogP contribution in [0.15, 0.2) is 73.1 Å². The quantitative estimate of drug-likeness (QED) is 0.725. The van der Waals surface area contributed by atoms with Crippen molar-refractivity contribution >= 4 is 6.03 Å². The maximum absolute atomic E-state index is 12.0. The highest BCUT2D eigenvalue weighted by Crippen LogP contribution is 2.11. The summed E-state index contributed by atoms with van der Waals surface area (Å²) in [7, 11) is 0. The van der Waals surface area contributed by atoms with Crippen LogP contribution in [0.4, 0.5) is 4.79 Å². The van der Waals surface area contributed by atoms with Crippen LogP contribution in [-0.4, -0.2) is 22.4 Å². The van der Waals surface area contributed by atoms with Crippen LogP contribution in [0.1, 0.15) is 24.1 Å². The summed E-state index contributed by atoms with van der Waals surface area (Å²) in [5.74, 6) is 0. The van der Waals surface area contributed by atoms with E-state index >= 15 is 0 Å². The normalized spacial score (nSPS) is 11.7. The van der Waals surface area contributed by atoms with E-state index in [1.165, 1.54) is 0 Å². The molecular formula is C20H22N4O. The average molecular weight is 334 g/mol. The van der Waals surface area contributed by atoms with Gasteiger partial charge in [-0.25, -0.2) is 9.48 Å². The summed E-state index contributed by atoms with van der Waals surface area (Å²) in [6.45, 7) is 2.53. The second-order valence-corrected chi connectivity index (χ2v) is 5.91. The second-order valence-electron chi connectivity index (χ2n) is 5.91. The summed E-state index contributed by atoms with van der Waals surface area (Å²) in [5, 5.41) is 10.2. The molecule has 5 heteroatoms. The molecule has 25 heavy (non-hydrogen) atoms. The van der Waals surface area contributed by atoms with Crippen molar-refractivity contribution in [2.75, 3.05) is 6.54 Å². The summed E-state index contributed by atoms with van der Waals surface area (Å²) in [6, 6.07) is 19.7. The van der Waals surface area contributed by atoms with Crippen LogP contribution in [0.25, 0.3) is 5.69 Å². The number of urea groups is 1. The van der Waals surface area contributed by atoms with E-state index < -0.39 is 0 Å². The maximum atomic E-state index is 12.0. The summed E-state index contributed by atoms with van der Waals surface area (Å²) in [5.41, 5.74) is 3.19. The Labute approximate surface area is 147 Å². The minimum atomic E-state index is -0.160. The third-order valence-corrected chi connectivity index (χ3v) is 4.00. The molecule has 0 saturated carbocycles. The number of rotatable bonds is 6. The number of carbonyl (C=O) groups excluding carboxylic acids is 1. The highest BCUT2D eigenvalue weighted by molar-refractivity contribution is 5.74. The lowest BCUT2D eigenvalue weighted by Gasteiger charge is -2.14. The Morgan fingerprint density at radius 1 is 1.08 bits per heavy atom. The summed E-state index contributed by atoms with van der Waals surface area (Å²) in [4.78, 5) is 12.0. The third kappa shape index (κ3) is 4.70. The van der Waals surface area contributed by atoms with Gasteiger partial charge >= 0.3 is 6.03 Å². The highest BCUT2D eigenvalue weighted by atomic mass is 16.2. The number of nitrogens with zero attached hydrogens (tertiary/aromatic N) is 2. The first-order valence-electron chi connectivity index (χ1n) is 8.40. The van der Waals surface area contributed by atoms with E-state index in [1.807, 2.05) is 84.7 Å². The topological polar surface area (TPSA) is 59.0 Å². The lowest BCUT2D eigenvalue weighted by Crippen LogP contribution is -2.38. The van der Waals surface area contributed by atoms with Crippen LogP contribution in [0.2, 0.25) is 0 Å². The molecule has 5 nitrogen and oxygen atoms in total. The molecule has 2 N–H and O–H groups in total. The molecule has 3 rings (SSSR count). The summed E-state index contributed by atoms with van der Waals surface area (Å²) >= 11 is 0. The van der Waals surface area contributed by atoms with Gasteiger partial charge in [0.2, 0.25) is 0 Å². The highest BCUT2D eigenvalue weighted by Gasteiger charge is 2.08. The first kappa shape index (κ1) is 16.8. The van der Waals surface area contributed by atoms with Gasteiger partial charge in [0.1, 0.15) is 0 Å². The van der Waals surface area contributed by atoms with Crippen LogP contribution in [0, 0.1) is 0 Å². The van der Waals surface area contributed by atoms with E-state index in [9.17, 15) is 4.79 Å². The number of benzene rings is 2. The molecule has 1 unspecified atom stereocenters. The Morgan fingerprint density at radius 2 is 1.76 bits per heavy atom. The van der Waals surface area contributed by atoms with Crippen molar-refractivity contribution in [1.82, 2.24) is 20.4 Å². The zero-order valence-electron chi connectivity index (χ0n) is 14.2. The zero-order chi connectivity index (χ0) is 17.5. The van der Waals surface area contributed by atoms with Crippen molar-refractivity contribution in [1.29, 1.82) is 0 Å². The van der Waals surface area contributed by atoms with Crippen LogP contribution in [0.5, 0.6) is 0 Å². The largest absolute Gasteiger partial charge is 0.338 e. The fraction of sp³-hybridized carbons (Fsp3) is 0.200. The van der Waals surface area contributed by atoms with Gasteiger partial charge in [0.05, 0.1) is 17.9 Å². The monoisotopic (exact) mass is 334 g/mol. The molecule has 3 aromatic rings. The van der Waals surface area contributed by atoms with Gasteiger partial charge in [-0.1, -0.05) is 48.5 Å². The first-order chi connectivity index (χ1) is 12.2. The Bertz CT molecular complexity index is 799. The van der Waals surface area contributed by atoms with E-state index in [1.54, 1.807) is 0 Å². The van der Waals surface area contributed by atoms with Crippen molar-refractivity contribution in [2.24, 2.45) is 0 Å². The van der Waals surface area contributed by atoms with E-state index in [0.29, 0.717) is 6.54 Å². The van der Waals surface area contributed by atoms with Gasteiger partial charge in [-0.3, -0.25) is 0 Å². The van der Waals surface area contributed by atoms with Crippen LogP contribution >= 0.6 is 0 Å². The van der Waals surface area contributed by atoms with Crippen LogP contribution < -0.4 is 10.6 Å². The van der Waals surface area contributed by atoms with Crippen molar-refractivity contribution in [3.63, 3.8) is 0 Å². The molecular weight excluding hydrogens is 312 g/mol. The van der Waals surface area contributed by atoms with Crippen molar-refractivity contribution < 1.29 is 4.79 Å². The Morgan fingerprint density at radius 3 is 2.48 bits per heavy atom. The first-order valence-corrected chi connectivity index (χ1v) is 8.40. The van der Waals surface area contributed by atoms with E-state index in [2.05, 4.69) is 15.7 Å². The third-order valence-electron chi connectivity index (χ3n) is 4.00. The number of hydrogen-bond acceptors (Lipinski definition) is 2. The summed E-state index contributed by atoms with van der Waals surface area (Å²) in [6.07, 6.45) is 4.56. The molecule has 1 heterocycles. The molecule has 0 radical (unpaired) electrons. The number of aromatic nitrogens is 2. The molecule has 1 aromatic heterocycles. The average Bonchev–Trinajstić information content (AvgIpc) is 3.12. The van der Waals surface area contributed by atoms with E-state index in [0.717, 1.165) is 23.2 Å². The van der Waals surface area contributed by atoms with Gasteiger partial charge < -0.3 is 10.6 Å². The minimum Gasteiger partial charge on any atom is -0.338 e. The van der Waals surface area contributed by atoms with E-state index in [-0.39, 0.29) is 12.1 Å². The van der Waals surface area contributed by atoms with Gasteiger partial charge in [-0.05, 0) is 36.6 Å². The molecule has 2 amide bonds. The predicted octanol–water partition coefficient (Wildman–Crippen LogP) is 3.48. The minimum absolute atomic E-state index is 0.0259. The predicted molar refractivity (Wildman–Crippen MR) is 98.7 cm³/mol. The summed E-state index contributed by atoms with van der Waals surface area (Å²) < 4.78 is 1.84. The molecule has 128 valence electrons. The van der Waals surface area contributed by atoms with Gasteiger partial charge in [-0.2, -0.15) is 5.10 Å². The molecule has 1 atom stereocenters. The van der Waals surface area contributed by atoms with Gasteiger partial charge in [-0.15, -0.1) is 0 Å². The number of carbonyl (C=O) groups is 1. The van der Waals surface area contributed by atoms with Gasteiger partial charge in [0.15, 0.2) is 0 Å². The molecule has 0 aliphatic carbocycles. The molecule has 0 saturated heterocycles. The SMILES string of the molecule is CC(NC(=O)NCCc1cnn(-c2ccccc2)c1)c1ccccc1. The Balaban J connectivity index is 1.45.